The van der Waals surface area contributed by atoms with Gasteiger partial charge in [-0.15, -0.1) is 5.10 Å². The van der Waals surface area contributed by atoms with E-state index >= 15 is 0 Å². The largest absolute Gasteiger partial charge is 0.376 e. The number of fused-ring (bicyclic) bond motifs is 1. The first-order valence-electron chi connectivity index (χ1n) is 6.32. The second-order valence-electron chi connectivity index (χ2n) is 4.68. The Kier molecular flexibility index (Phi) is 3.32. The van der Waals surface area contributed by atoms with Crippen molar-refractivity contribution in [1.82, 2.24) is 19.2 Å². The summed E-state index contributed by atoms with van der Waals surface area (Å²) in [5, 5.41) is 4.82. The van der Waals surface area contributed by atoms with Crippen LogP contribution in [0.1, 0.15) is 18.5 Å². The maximum atomic E-state index is 11.9. The quantitative estimate of drug-likeness (QED) is 0.788. The van der Waals surface area contributed by atoms with E-state index in [0.717, 1.165) is 31.7 Å². The maximum Gasteiger partial charge on any atom is 0.275 e. The highest BCUT2D eigenvalue weighted by Crippen LogP contribution is 2.17. The molecule has 0 spiro atoms. The molecule has 1 fully saturated rings. The Hall–Kier alpha value is -1.34. The Labute approximate surface area is 114 Å². The summed E-state index contributed by atoms with van der Waals surface area (Å²) in [6, 6.07) is 1.60. The molecule has 2 aromatic rings. The normalized spacial score (nSPS) is 19.4. The molecule has 3 rings (SSSR count). The first kappa shape index (κ1) is 12.7. The molecule has 0 aromatic carbocycles. The molecule has 7 heteroatoms. The summed E-state index contributed by atoms with van der Waals surface area (Å²) in [6.45, 7) is 3.47. The lowest BCUT2D eigenvalue weighted by Gasteiger charge is -2.15. The molecule has 0 bridgehead atoms. The lowest BCUT2D eigenvalue weighted by Crippen LogP contribution is -2.24. The fourth-order valence-electron chi connectivity index (χ4n) is 2.39. The lowest BCUT2D eigenvalue weighted by molar-refractivity contribution is 0.0970. The highest BCUT2D eigenvalue weighted by atomic mass is 32.2. The van der Waals surface area contributed by atoms with Gasteiger partial charge in [0.1, 0.15) is 0 Å². The molecule has 0 saturated carbocycles. The van der Waals surface area contributed by atoms with Crippen LogP contribution in [0, 0.1) is 6.92 Å². The van der Waals surface area contributed by atoms with Crippen LogP contribution in [0.15, 0.2) is 16.0 Å². The number of hydrogen-bond acceptors (Lipinski definition) is 5. The molecule has 0 N–H and O–H groups in total. The molecule has 0 amide bonds. The van der Waals surface area contributed by atoms with Gasteiger partial charge in [0.25, 0.3) is 5.56 Å². The average molecular weight is 280 g/mol. The first-order valence-corrected chi connectivity index (χ1v) is 7.54. The van der Waals surface area contributed by atoms with Crippen molar-refractivity contribution in [3.8, 4) is 0 Å². The van der Waals surface area contributed by atoms with Crippen molar-refractivity contribution in [2.24, 2.45) is 0 Å². The fraction of sp³-hybridized carbons (Fsp3) is 0.583. The lowest BCUT2D eigenvalue weighted by atomic mass is 10.2. The average Bonchev–Trinajstić information content (AvgIpc) is 3.03. The molecule has 0 aliphatic carbocycles. The molecule has 1 aliphatic heterocycles. The van der Waals surface area contributed by atoms with Crippen LogP contribution in [0.5, 0.6) is 0 Å². The molecule has 6 nitrogen and oxygen atoms in total. The van der Waals surface area contributed by atoms with Gasteiger partial charge in [-0.3, -0.25) is 4.79 Å². The van der Waals surface area contributed by atoms with E-state index in [2.05, 4.69) is 10.1 Å². The van der Waals surface area contributed by atoms with Gasteiger partial charge in [0.05, 0.1) is 12.6 Å². The van der Waals surface area contributed by atoms with Crippen molar-refractivity contribution in [3.63, 3.8) is 0 Å². The van der Waals surface area contributed by atoms with E-state index in [-0.39, 0.29) is 11.7 Å². The van der Waals surface area contributed by atoms with Gasteiger partial charge in [0, 0.05) is 18.4 Å². The predicted octanol–water partition coefficient (Wildman–Crippen LogP) is 1.10. The van der Waals surface area contributed by atoms with E-state index in [1.165, 1.54) is 16.3 Å². The van der Waals surface area contributed by atoms with E-state index in [0.29, 0.717) is 10.9 Å². The second-order valence-corrected chi connectivity index (χ2v) is 5.45. The van der Waals surface area contributed by atoms with Crippen molar-refractivity contribution >= 4 is 17.5 Å². The van der Waals surface area contributed by atoms with Crippen molar-refractivity contribution in [1.29, 1.82) is 0 Å². The summed E-state index contributed by atoms with van der Waals surface area (Å²) in [6.07, 6.45) is 4.26. The molecule has 0 radical (unpaired) electrons. The van der Waals surface area contributed by atoms with Gasteiger partial charge in [-0.05, 0) is 26.0 Å². The van der Waals surface area contributed by atoms with Crippen LogP contribution in [-0.2, 0) is 11.3 Å². The van der Waals surface area contributed by atoms with E-state index in [9.17, 15) is 4.79 Å². The minimum atomic E-state index is -0.135. The molecule has 19 heavy (non-hydrogen) atoms. The van der Waals surface area contributed by atoms with Gasteiger partial charge in [-0.25, -0.2) is 0 Å². The minimum Gasteiger partial charge on any atom is -0.376 e. The SMILES string of the molecule is CSc1nc2n(CC3CCCO3)c(C)cc(=O)n2n1. The van der Waals surface area contributed by atoms with E-state index in [1.807, 2.05) is 17.7 Å². The highest BCUT2D eigenvalue weighted by Gasteiger charge is 2.19. The zero-order valence-electron chi connectivity index (χ0n) is 11.0. The van der Waals surface area contributed by atoms with Crippen molar-refractivity contribution < 1.29 is 4.74 Å². The molecule has 1 saturated heterocycles. The summed E-state index contributed by atoms with van der Waals surface area (Å²) in [5.74, 6) is 0.602. The standard InChI is InChI=1S/C12H16N4O2S/c1-8-6-10(17)16-12(13-11(14-16)19-2)15(8)7-9-4-3-5-18-9/h6,9H,3-5,7H2,1-2H3. The summed E-state index contributed by atoms with van der Waals surface area (Å²) in [4.78, 5) is 16.3. The molecule has 1 aliphatic rings. The fourth-order valence-corrected chi connectivity index (χ4v) is 2.72. The van der Waals surface area contributed by atoms with Crippen LogP contribution >= 0.6 is 11.8 Å². The number of hydrogen-bond donors (Lipinski definition) is 0. The van der Waals surface area contributed by atoms with Gasteiger partial charge in [-0.1, -0.05) is 11.8 Å². The second kappa shape index (κ2) is 4.97. The van der Waals surface area contributed by atoms with Crippen molar-refractivity contribution in [2.75, 3.05) is 12.9 Å². The zero-order valence-corrected chi connectivity index (χ0v) is 11.8. The van der Waals surface area contributed by atoms with Gasteiger partial charge >= 0.3 is 0 Å². The third-order valence-electron chi connectivity index (χ3n) is 3.37. The van der Waals surface area contributed by atoms with Crippen LogP contribution < -0.4 is 5.56 Å². The van der Waals surface area contributed by atoms with Crippen LogP contribution in [0.3, 0.4) is 0 Å². The van der Waals surface area contributed by atoms with Crippen LogP contribution in [-0.4, -0.2) is 38.1 Å². The Morgan fingerprint density at radius 3 is 3.11 bits per heavy atom. The summed E-state index contributed by atoms with van der Waals surface area (Å²) >= 11 is 1.43. The maximum absolute atomic E-state index is 11.9. The molecule has 1 unspecified atom stereocenters. The number of rotatable bonds is 3. The molecule has 2 aromatic heterocycles. The number of nitrogens with zero attached hydrogens (tertiary/aromatic N) is 4. The van der Waals surface area contributed by atoms with Crippen LogP contribution in [0.2, 0.25) is 0 Å². The van der Waals surface area contributed by atoms with Crippen LogP contribution in [0.4, 0.5) is 0 Å². The van der Waals surface area contributed by atoms with E-state index in [4.69, 9.17) is 4.74 Å². The van der Waals surface area contributed by atoms with Gasteiger partial charge in [0.15, 0.2) is 0 Å². The summed E-state index contributed by atoms with van der Waals surface area (Å²) in [5.41, 5.74) is 0.761. The third kappa shape index (κ3) is 2.28. The minimum absolute atomic E-state index is 0.135. The number of ether oxygens (including phenoxy) is 1. The number of thioether (sulfide) groups is 1. The molecule has 102 valence electrons. The van der Waals surface area contributed by atoms with Crippen LogP contribution in [0.25, 0.3) is 5.78 Å². The Morgan fingerprint density at radius 1 is 1.58 bits per heavy atom. The van der Waals surface area contributed by atoms with Crippen molar-refractivity contribution in [2.45, 2.75) is 37.6 Å². The predicted molar refractivity (Wildman–Crippen MR) is 72.7 cm³/mol. The Bertz CT molecular complexity index is 658. The highest BCUT2D eigenvalue weighted by molar-refractivity contribution is 7.98. The topological polar surface area (TPSA) is 61.4 Å². The zero-order chi connectivity index (χ0) is 13.4. The van der Waals surface area contributed by atoms with E-state index < -0.39 is 0 Å². The molecular formula is C12H16N4O2S. The smallest absolute Gasteiger partial charge is 0.275 e. The number of aromatic nitrogens is 4. The van der Waals surface area contributed by atoms with Gasteiger partial charge < -0.3 is 9.30 Å². The first-order chi connectivity index (χ1) is 9.19. The number of aryl methyl sites for hydroxylation is 1. The molecule has 3 heterocycles. The Morgan fingerprint density at radius 2 is 2.42 bits per heavy atom. The third-order valence-corrected chi connectivity index (χ3v) is 3.91. The molecule has 1 atom stereocenters. The monoisotopic (exact) mass is 280 g/mol. The molecular weight excluding hydrogens is 264 g/mol. The Balaban J connectivity index is 2.10. The summed E-state index contributed by atoms with van der Waals surface area (Å²) in [7, 11) is 0. The van der Waals surface area contributed by atoms with Crippen molar-refractivity contribution in [3.05, 3.63) is 22.1 Å². The summed E-state index contributed by atoms with van der Waals surface area (Å²) < 4.78 is 9.05. The van der Waals surface area contributed by atoms with Gasteiger partial charge in [0.2, 0.25) is 10.9 Å². The van der Waals surface area contributed by atoms with E-state index in [1.54, 1.807) is 6.07 Å². The van der Waals surface area contributed by atoms with Gasteiger partial charge in [-0.2, -0.15) is 9.50 Å².